The number of ether oxygens (including phenoxy) is 1. The Morgan fingerprint density at radius 3 is 3.00 bits per heavy atom. The van der Waals surface area contributed by atoms with Crippen LogP contribution in [0.1, 0.15) is 33.1 Å². The maximum absolute atomic E-state index is 11.5. The van der Waals surface area contributed by atoms with Crippen molar-refractivity contribution in [2.45, 2.75) is 39.2 Å². The third-order valence-electron chi connectivity index (χ3n) is 2.74. The lowest BCUT2D eigenvalue weighted by Gasteiger charge is -2.27. The second-order valence-electron chi connectivity index (χ2n) is 3.76. The molecule has 0 aromatic carbocycles. The monoisotopic (exact) mass is 178 g/mol. The van der Waals surface area contributed by atoms with Crippen LogP contribution in [0.5, 0.6) is 0 Å². The Kier molecular flexibility index (Phi) is 1.98. The fraction of sp³-hybridized carbons (Fsp3) is 0.545. The predicted octanol–water partition coefficient (Wildman–Crippen LogP) is 2.36. The number of rotatable bonds is 0. The van der Waals surface area contributed by atoms with E-state index in [2.05, 4.69) is 0 Å². The second kappa shape index (κ2) is 3.02. The van der Waals surface area contributed by atoms with E-state index < -0.39 is 0 Å². The van der Waals surface area contributed by atoms with Crippen LogP contribution in [-0.4, -0.2) is 11.9 Å². The average molecular weight is 178 g/mol. The van der Waals surface area contributed by atoms with Crippen molar-refractivity contribution >= 4 is 5.78 Å². The minimum atomic E-state index is 0.143. The van der Waals surface area contributed by atoms with E-state index in [4.69, 9.17) is 4.74 Å². The van der Waals surface area contributed by atoms with E-state index in [9.17, 15) is 4.79 Å². The van der Waals surface area contributed by atoms with E-state index in [-0.39, 0.29) is 11.9 Å². The molecule has 2 heteroatoms. The zero-order chi connectivity index (χ0) is 9.42. The van der Waals surface area contributed by atoms with Gasteiger partial charge in [0, 0.05) is 12.8 Å². The Bertz CT molecular complexity index is 310. The lowest BCUT2D eigenvalue weighted by molar-refractivity contribution is -0.116. The minimum Gasteiger partial charge on any atom is -0.490 e. The Balaban J connectivity index is 2.37. The zero-order valence-corrected chi connectivity index (χ0v) is 8.09. The van der Waals surface area contributed by atoms with Crippen LogP contribution in [-0.2, 0) is 9.53 Å². The molecule has 0 spiro atoms. The van der Waals surface area contributed by atoms with Gasteiger partial charge in [0.25, 0.3) is 0 Å². The van der Waals surface area contributed by atoms with Crippen molar-refractivity contribution in [2.75, 3.05) is 0 Å². The highest BCUT2D eigenvalue weighted by molar-refractivity contribution is 5.99. The van der Waals surface area contributed by atoms with Gasteiger partial charge in [-0.15, -0.1) is 0 Å². The molecule has 0 fully saturated rings. The first-order valence-corrected chi connectivity index (χ1v) is 4.79. The number of carbonyl (C=O) groups excluding carboxylic acids is 1. The number of Topliss-reactive ketones (excluding diaryl/α,β-unsaturated/α-hetero) is 1. The molecule has 1 unspecified atom stereocenters. The van der Waals surface area contributed by atoms with Gasteiger partial charge < -0.3 is 4.74 Å². The van der Waals surface area contributed by atoms with Gasteiger partial charge in [-0.1, -0.05) is 0 Å². The van der Waals surface area contributed by atoms with E-state index >= 15 is 0 Å². The standard InChI is InChI=1S/C11H14O2/c1-7-6-9-10(12)4-3-5-11(9)13-8(7)2/h6,8H,3-5H2,1-2H3. The molecule has 0 saturated carbocycles. The highest BCUT2D eigenvalue weighted by Crippen LogP contribution is 2.30. The third-order valence-corrected chi connectivity index (χ3v) is 2.74. The van der Waals surface area contributed by atoms with Gasteiger partial charge in [0.05, 0.1) is 5.57 Å². The molecule has 2 rings (SSSR count). The summed E-state index contributed by atoms with van der Waals surface area (Å²) in [6, 6.07) is 0. The Morgan fingerprint density at radius 2 is 2.23 bits per heavy atom. The van der Waals surface area contributed by atoms with Gasteiger partial charge in [-0.25, -0.2) is 0 Å². The molecule has 1 aliphatic carbocycles. The molecule has 2 aliphatic rings. The summed E-state index contributed by atoms with van der Waals surface area (Å²) in [7, 11) is 0. The van der Waals surface area contributed by atoms with Gasteiger partial charge in [0.1, 0.15) is 11.9 Å². The van der Waals surface area contributed by atoms with Crippen LogP contribution in [0, 0.1) is 0 Å². The van der Waals surface area contributed by atoms with Crippen molar-refractivity contribution in [1.29, 1.82) is 0 Å². The maximum Gasteiger partial charge on any atom is 0.166 e. The molecular weight excluding hydrogens is 164 g/mol. The molecule has 0 amide bonds. The molecule has 0 bridgehead atoms. The number of carbonyl (C=O) groups is 1. The summed E-state index contributed by atoms with van der Waals surface area (Å²) < 4.78 is 5.66. The summed E-state index contributed by atoms with van der Waals surface area (Å²) >= 11 is 0. The van der Waals surface area contributed by atoms with E-state index in [0.717, 1.165) is 29.7 Å². The van der Waals surface area contributed by atoms with Crippen LogP contribution >= 0.6 is 0 Å². The van der Waals surface area contributed by atoms with Gasteiger partial charge in [-0.05, 0) is 31.9 Å². The quantitative estimate of drug-likeness (QED) is 0.569. The van der Waals surface area contributed by atoms with Crippen molar-refractivity contribution in [3.63, 3.8) is 0 Å². The van der Waals surface area contributed by atoms with Crippen molar-refractivity contribution in [1.82, 2.24) is 0 Å². The summed E-state index contributed by atoms with van der Waals surface area (Å²) in [6.45, 7) is 4.03. The summed E-state index contributed by atoms with van der Waals surface area (Å²) in [5.74, 6) is 1.15. The zero-order valence-electron chi connectivity index (χ0n) is 8.09. The smallest absolute Gasteiger partial charge is 0.166 e. The molecule has 0 radical (unpaired) electrons. The van der Waals surface area contributed by atoms with E-state index in [1.807, 2.05) is 19.9 Å². The molecule has 1 heterocycles. The molecule has 1 aliphatic heterocycles. The lowest BCUT2D eigenvalue weighted by Crippen LogP contribution is -2.21. The average Bonchev–Trinajstić information content (AvgIpc) is 2.09. The van der Waals surface area contributed by atoms with Gasteiger partial charge in [-0.3, -0.25) is 4.79 Å². The van der Waals surface area contributed by atoms with Crippen molar-refractivity contribution in [2.24, 2.45) is 0 Å². The topological polar surface area (TPSA) is 26.3 Å². The molecule has 0 saturated heterocycles. The van der Waals surface area contributed by atoms with Crippen LogP contribution in [0.4, 0.5) is 0 Å². The van der Waals surface area contributed by atoms with E-state index in [0.29, 0.717) is 6.42 Å². The van der Waals surface area contributed by atoms with Crippen LogP contribution in [0.25, 0.3) is 0 Å². The predicted molar refractivity (Wildman–Crippen MR) is 50.2 cm³/mol. The van der Waals surface area contributed by atoms with Crippen molar-refractivity contribution in [3.05, 3.63) is 23.0 Å². The first-order chi connectivity index (χ1) is 6.18. The molecule has 1 atom stereocenters. The normalized spacial score (nSPS) is 28.0. The molecule has 70 valence electrons. The molecule has 0 aromatic rings. The van der Waals surface area contributed by atoms with Crippen LogP contribution in [0.2, 0.25) is 0 Å². The number of ketones is 1. The third kappa shape index (κ3) is 1.41. The molecule has 13 heavy (non-hydrogen) atoms. The number of hydrogen-bond donors (Lipinski definition) is 0. The highest BCUT2D eigenvalue weighted by atomic mass is 16.5. The summed E-state index contributed by atoms with van der Waals surface area (Å²) in [4.78, 5) is 11.5. The largest absolute Gasteiger partial charge is 0.490 e. The number of hydrogen-bond acceptors (Lipinski definition) is 2. The SMILES string of the molecule is CC1=CC2=C(CCCC2=O)OC1C. The summed E-state index contributed by atoms with van der Waals surface area (Å²) in [5.41, 5.74) is 1.97. The first-order valence-electron chi connectivity index (χ1n) is 4.79. The van der Waals surface area contributed by atoms with E-state index in [1.165, 1.54) is 0 Å². The summed E-state index contributed by atoms with van der Waals surface area (Å²) in [6.07, 6.45) is 4.68. The van der Waals surface area contributed by atoms with Crippen LogP contribution in [0.3, 0.4) is 0 Å². The lowest BCUT2D eigenvalue weighted by atomic mass is 9.92. The Hall–Kier alpha value is -1.05. The van der Waals surface area contributed by atoms with Gasteiger partial charge in [-0.2, -0.15) is 0 Å². The first kappa shape index (κ1) is 8.54. The molecule has 2 nitrogen and oxygen atoms in total. The van der Waals surface area contributed by atoms with Crippen LogP contribution in [0.15, 0.2) is 23.0 Å². The summed E-state index contributed by atoms with van der Waals surface area (Å²) in [5, 5.41) is 0. The van der Waals surface area contributed by atoms with Crippen LogP contribution < -0.4 is 0 Å². The fourth-order valence-electron chi connectivity index (χ4n) is 1.77. The van der Waals surface area contributed by atoms with Gasteiger partial charge in [0.15, 0.2) is 5.78 Å². The number of allylic oxidation sites excluding steroid dienone is 3. The van der Waals surface area contributed by atoms with Crippen molar-refractivity contribution < 1.29 is 9.53 Å². The van der Waals surface area contributed by atoms with Crippen molar-refractivity contribution in [3.8, 4) is 0 Å². The molecular formula is C11H14O2. The molecule has 0 N–H and O–H groups in total. The fourth-order valence-corrected chi connectivity index (χ4v) is 1.77. The maximum atomic E-state index is 11.5. The van der Waals surface area contributed by atoms with E-state index in [1.54, 1.807) is 0 Å². The Labute approximate surface area is 78.3 Å². The van der Waals surface area contributed by atoms with Gasteiger partial charge >= 0.3 is 0 Å². The van der Waals surface area contributed by atoms with Gasteiger partial charge in [0.2, 0.25) is 0 Å². The second-order valence-corrected chi connectivity index (χ2v) is 3.76. The molecule has 0 aromatic heterocycles. The minimum absolute atomic E-state index is 0.143. The highest BCUT2D eigenvalue weighted by Gasteiger charge is 2.25. The Morgan fingerprint density at radius 1 is 1.46 bits per heavy atom.